The van der Waals surface area contributed by atoms with E-state index in [4.69, 9.17) is 4.74 Å². The Morgan fingerprint density at radius 2 is 1.92 bits per heavy atom. The van der Waals surface area contributed by atoms with Crippen molar-refractivity contribution < 1.29 is 28.2 Å². The zero-order valence-corrected chi connectivity index (χ0v) is 15.0. The minimum Gasteiger partial charge on any atom is -0.479 e. The van der Waals surface area contributed by atoms with E-state index in [1.165, 1.54) is 6.07 Å². The van der Waals surface area contributed by atoms with Crippen LogP contribution in [0.25, 0.3) is 0 Å². The molecular weight excluding hydrogens is 344 g/mol. The fourth-order valence-electron chi connectivity index (χ4n) is 4.01. The van der Waals surface area contributed by atoms with Crippen molar-refractivity contribution in [2.45, 2.75) is 51.2 Å². The Kier molecular flexibility index (Phi) is 4.55. The molecule has 5 nitrogen and oxygen atoms in total. The summed E-state index contributed by atoms with van der Waals surface area (Å²) in [6.45, 7) is 5.76. The largest absolute Gasteiger partial charge is 0.479 e. The number of carboxylic acid groups (broad SMARTS) is 1. The molecule has 0 aliphatic heterocycles. The van der Waals surface area contributed by atoms with E-state index < -0.39 is 46.3 Å². The minimum absolute atomic E-state index is 0.0999. The van der Waals surface area contributed by atoms with Crippen LogP contribution in [-0.2, 0) is 14.3 Å². The number of hydrogen-bond acceptors (Lipinski definition) is 3. The molecule has 0 aromatic heterocycles. The van der Waals surface area contributed by atoms with Crippen molar-refractivity contribution in [2.24, 2.45) is 11.3 Å². The average molecular weight is 367 g/mol. The first-order valence-electron chi connectivity index (χ1n) is 8.76. The van der Waals surface area contributed by atoms with Crippen molar-refractivity contribution in [2.75, 3.05) is 6.61 Å². The summed E-state index contributed by atoms with van der Waals surface area (Å²) in [5, 5.41) is 12.4. The summed E-state index contributed by atoms with van der Waals surface area (Å²) in [5.41, 5.74) is -2.33. The number of aliphatic carboxylic acids is 1. The molecular formula is C19H23F2NO4. The van der Waals surface area contributed by atoms with Crippen LogP contribution in [0.4, 0.5) is 8.78 Å². The summed E-state index contributed by atoms with van der Waals surface area (Å²) in [5.74, 6) is -4.16. The lowest BCUT2D eigenvalue weighted by atomic mass is 9.54. The number of carbonyl (C=O) groups excluding carboxylic acids is 1. The molecule has 4 unspecified atom stereocenters. The quantitative estimate of drug-likeness (QED) is 0.811. The fraction of sp³-hybridized carbons (Fsp3) is 0.579. The van der Waals surface area contributed by atoms with Crippen LogP contribution < -0.4 is 5.32 Å². The molecule has 7 heteroatoms. The van der Waals surface area contributed by atoms with Gasteiger partial charge in [0.15, 0.2) is 0 Å². The van der Waals surface area contributed by atoms with Gasteiger partial charge in [-0.25, -0.2) is 13.6 Å². The predicted molar refractivity (Wildman–Crippen MR) is 89.5 cm³/mol. The second-order valence-corrected chi connectivity index (χ2v) is 7.65. The highest BCUT2D eigenvalue weighted by molar-refractivity contribution is 5.92. The van der Waals surface area contributed by atoms with Crippen molar-refractivity contribution >= 4 is 11.9 Å². The van der Waals surface area contributed by atoms with Crippen molar-refractivity contribution in [3.63, 3.8) is 0 Å². The van der Waals surface area contributed by atoms with Crippen LogP contribution in [0.5, 0.6) is 0 Å². The van der Waals surface area contributed by atoms with Crippen LogP contribution in [-0.4, -0.2) is 35.2 Å². The number of carbonyl (C=O) groups is 2. The van der Waals surface area contributed by atoms with Gasteiger partial charge in [0, 0.05) is 35.8 Å². The van der Waals surface area contributed by atoms with E-state index in [1.807, 2.05) is 6.92 Å². The van der Waals surface area contributed by atoms with Crippen molar-refractivity contribution in [1.29, 1.82) is 0 Å². The molecule has 0 bridgehead atoms. The SMILES string of the molecule is CCOC1CC(NC(=O)C2CC2c2c(F)cccc2F)(C(=O)O)C1(C)C. The van der Waals surface area contributed by atoms with Gasteiger partial charge in [0.2, 0.25) is 5.91 Å². The van der Waals surface area contributed by atoms with Crippen molar-refractivity contribution in [1.82, 2.24) is 5.32 Å². The Balaban J connectivity index is 1.75. The number of halogens is 2. The number of carboxylic acids is 1. The Morgan fingerprint density at radius 1 is 1.31 bits per heavy atom. The number of amides is 1. The highest BCUT2D eigenvalue weighted by Gasteiger charge is 2.67. The number of benzene rings is 1. The summed E-state index contributed by atoms with van der Waals surface area (Å²) in [6.07, 6.45) is 0.192. The van der Waals surface area contributed by atoms with Gasteiger partial charge in [-0.05, 0) is 25.5 Å². The van der Waals surface area contributed by atoms with E-state index in [0.29, 0.717) is 13.0 Å². The van der Waals surface area contributed by atoms with Gasteiger partial charge in [-0.15, -0.1) is 0 Å². The number of nitrogens with one attached hydrogen (secondary N) is 1. The normalized spacial score (nSPS) is 31.8. The number of rotatable bonds is 6. The smallest absolute Gasteiger partial charge is 0.330 e. The second kappa shape index (κ2) is 6.30. The van der Waals surface area contributed by atoms with Gasteiger partial charge in [0.25, 0.3) is 0 Å². The van der Waals surface area contributed by atoms with Gasteiger partial charge < -0.3 is 15.2 Å². The lowest BCUT2D eigenvalue weighted by Crippen LogP contribution is -2.76. The molecule has 0 spiro atoms. The molecule has 2 fully saturated rings. The van der Waals surface area contributed by atoms with Gasteiger partial charge in [0.05, 0.1) is 6.10 Å². The maximum Gasteiger partial charge on any atom is 0.330 e. The molecule has 0 saturated heterocycles. The van der Waals surface area contributed by atoms with Gasteiger partial charge in [0.1, 0.15) is 17.2 Å². The second-order valence-electron chi connectivity index (χ2n) is 7.65. The third-order valence-corrected chi connectivity index (χ3v) is 5.96. The summed E-state index contributed by atoms with van der Waals surface area (Å²) in [7, 11) is 0. The first kappa shape index (κ1) is 18.8. The summed E-state index contributed by atoms with van der Waals surface area (Å²) < 4.78 is 33.4. The van der Waals surface area contributed by atoms with E-state index in [-0.39, 0.29) is 18.1 Å². The monoisotopic (exact) mass is 367 g/mol. The Hall–Kier alpha value is -2.02. The van der Waals surface area contributed by atoms with Crippen LogP contribution in [0.15, 0.2) is 18.2 Å². The average Bonchev–Trinajstić information content (AvgIpc) is 3.33. The van der Waals surface area contributed by atoms with Gasteiger partial charge in [-0.3, -0.25) is 4.79 Å². The molecule has 142 valence electrons. The third-order valence-electron chi connectivity index (χ3n) is 5.96. The Bertz CT molecular complexity index is 731. The molecule has 0 heterocycles. The molecule has 1 aromatic carbocycles. The van der Waals surface area contributed by atoms with Gasteiger partial charge in [-0.1, -0.05) is 19.9 Å². The van der Waals surface area contributed by atoms with Gasteiger partial charge >= 0.3 is 5.97 Å². The lowest BCUT2D eigenvalue weighted by molar-refractivity contribution is -0.194. The Morgan fingerprint density at radius 3 is 2.42 bits per heavy atom. The van der Waals surface area contributed by atoms with Crippen molar-refractivity contribution in [3.05, 3.63) is 35.4 Å². The zero-order valence-electron chi connectivity index (χ0n) is 15.0. The van der Waals surface area contributed by atoms with E-state index in [1.54, 1.807) is 13.8 Å². The van der Waals surface area contributed by atoms with Crippen LogP contribution in [0, 0.1) is 23.0 Å². The molecule has 1 aromatic rings. The molecule has 1 amide bonds. The summed E-state index contributed by atoms with van der Waals surface area (Å²) in [4.78, 5) is 24.5. The van der Waals surface area contributed by atoms with Crippen LogP contribution in [0.3, 0.4) is 0 Å². The van der Waals surface area contributed by atoms with E-state index >= 15 is 0 Å². The molecule has 3 rings (SSSR count). The standard InChI is InChI=1S/C19H23F2NO4/c1-4-26-14-9-19(17(24)25,18(14,2)3)22-16(23)11-8-10(11)15-12(20)6-5-7-13(15)21/h5-7,10-11,14H,4,8-9H2,1-3H3,(H,22,23)(H,24,25). The van der Waals surface area contributed by atoms with E-state index in [9.17, 15) is 23.5 Å². The molecule has 0 radical (unpaired) electrons. The highest BCUT2D eigenvalue weighted by Crippen LogP contribution is 2.54. The topological polar surface area (TPSA) is 75.6 Å². The highest BCUT2D eigenvalue weighted by atomic mass is 19.1. The first-order chi connectivity index (χ1) is 12.2. The zero-order chi connectivity index (χ0) is 19.3. The molecule has 2 N–H and O–H groups in total. The van der Waals surface area contributed by atoms with E-state index in [2.05, 4.69) is 5.32 Å². The molecule has 2 saturated carbocycles. The molecule has 2 aliphatic carbocycles. The third kappa shape index (κ3) is 2.69. The summed E-state index contributed by atoms with van der Waals surface area (Å²) in [6, 6.07) is 3.59. The molecule has 26 heavy (non-hydrogen) atoms. The van der Waals surface area contributed by atoms with Crippen LogP contribution in [0.2, 0.25) is 0 Å². The van der Waals surface area contributed by atoms with Crippen LogP contribution >= 0.6 is 0 Å². The van der Waals surface area contributed by atoms with Crippen molar-refractivity contribution in [3.8, 4) is 0 Å². The minimum atomic E-state index is -1.44. The summed E-state index contributed by atoms with van der Waals surface area (Å²) >= 11 is 0. The van der Waals surface area contributed by atoms with E-state index in [0.717, 1.165) is 12.1 Å². The van der Waals surface area contributed by atoms with Crippen LogP contribution in [0.1, 0.15) is 45.1 Å². The maximum atomic E-state index is 13.9. The number of hydrogen-bond donors (Lipinski definition) is 2. The molecule has 4 atom stereocenters. The first-order valence-corrected chi connectivity index (χ1v) is 8.76. The van der Waals surface area contributed by atoms with Gasteiger partial charge in [-0.2, -0.15) is 0 Å². The predicted octanol–water partition coefficient (Wildman–Crippen LogP) is 2.84. The maximum absolute atomic E-state index is 13.9. The molecule has 2 aliphatic rings. The lowest BCUT2D eigenvalue weighted by Gasteiger charge is -2.58. The number of ether oxygens (including phenoxy) is 1. The Labute approximate surface area is 150 Å². The fourth-order valence-corrected chi connectivity index (χ4v) is 4.01.